The topological polar surface area (TPSA) is 162 Å². The van der Waals surface area contributed by atoms with Gasteiger partial charge in [-0.2, -0.15) is 0 Å². The lowest BCUT2D eigenvalue weighted by Crippen LogP contribution is -2.47. The van der Waals surface area contributed by atoms with Crippen molar-refractivity contribution in [3.05, 3.63) is 39.9 Å². The van der Waals surface area contributed by atoms with Crippen molar-refractivity contribution in [1.82, 2.24) is 5.32 Å². The van der Waals surface area contributed by atoms with Crippen molar-refractivity contribution >= 4 is 29.5 Å². The van der Waals surface area contributed by atoms with E-state index in [1.807, 2.05) is 0 Å². The highest BCUT2D eigenvalue weighted by Gasteiger charge is 2.33. The van der Waals surface area contributed by atoms with E-state index in [1.54, 1.807) is 6.92 Å². The smallest absolute Gasteiger partial charge is 0.326 e. The molecule has 0 heterocycles. The lowest BCUT2D eigenvalue weighted by atomic mass is 9.88. The number of nitro benzene ring substituents is 1. The van der Waals surface area contributed by atoms with Gasteiger partial charge in [-0.1, -0.05) is 12.1 Å². The summed E-state index contributed by atoms with van der Waals surface area (Å²) >= 11 is 0. The molecule has 11 heteroatoms. The Labute approximate surface area is 159 Å². The number of carbonyl (C=O) groups is 4. The van der Waals surface area contributed by atoms with Crippen molar-refractivity contribution in [3.8, 4) is 0 Å². The molecule has 0 saturated carbocycles. The van der Waals surface area contributed by atoms with E-state index in [0.29, 0.717) is 0 Å². The number of carboxylic acids is 1. The summed E-state index contributed by atoms with van der Waals surface area (Å²) < 4.78 is 9.37. The van der Waals surface area contributed by atoms with Crippen LogP contribution in [-0.4, -0.2) is 53.1 Å². The van der Waals surface area contributed by atoms with Crippen molar-refractivity contribution < 1.29 is 38.7 Å². The van der Waals surface area contributed by atoms with Gasteiger partial charge in [-0.3, -0.25) is 24.5 Å². The number of hydrogen-bond donors (Lipinski definition) is 2. The number of rotatable bonds is 10. The zero-order valence-electron chi connectivity index (χ0n) is 15.2. The lowest BCUT2D eigenvalue weighted by molar-refractivity contribution is -0.384. The van der Waals surface area contributed by atoms with Crippen molar-refractivity contribution in [2.75, 3.05) is 13.2 Å². The maximum atomic E-state index is 11.9. The second kappa shape index (κ2) is 10.6. The monoisotopic (exact) mass is 396 g/mol. The van der Waals surface area contributed by atoms with Gasteiger partial charge in [0.2, 0.25) is 0 Å². The van der Waals surface area contributed by atoms with E-state index in [4.69, 9.17) is 4.74 Å². The highest BCUT2D eigenvalue weighted by molar-refractivity contribution is 5.86. The van der Waals surface area contributed by atoms with Crippen LogP contribution in [0.2, 0.25) is 0 Å². The first-order valence-corrected chi connectivity index (χ1v) is 8.21. The van der Waals surface area contributed by atoms with Crippen molar-refractivity contribution in [1.29, 1.82) is 0 Å². The summed E-state index contributed by atoms with van der Waals surface area (Å²) in [7, 11) is 0. The number of carbonyl (C=O) groups excluding carboxylic acids is 3. The Kier molecular flexibility index (Phi) is 8.53. The Balaban J connectivity index is 3.15. The van der Waals surface area contributed by atoms with Gasteiger partial charge in [-0.25, -0.2) is 4.79 Å². The SMILES string of the molecule is CCOC(=O)C[C@@H](c1ccc([N+](=O)[O-])cc1)[C@@H](NC(=O)COC(C)=O)C(=O)O. The lowest BCUT2D eigenvalue weighted by Gasteiger charge is -2.24. The largest absolute Gasteiger partial charge is 0.480 e. The third-order valence-corrected chi connectivity index (χ3v) is 3.62. The molecule has 1 amide bonds. The van der Waals surface area contributed by atoms with Gasteiger partial charge in [-0.15, -0.1) is 0 Å². The average molecular weight is 396 g/mol. The summed E-state index contributed by atoms with van der Waals surface area (Å²) in [6.07, 6.45) is -0.392. The van der Waals surface area contributed by atoms with Gasteiger partial charge in [0.15, 0.2) is 6.61 Å². The quantitative estimate of drug-likeness (QED) is 0.330. The van der Waals surface area contributed by atoms with Crippen molar-refractivity contribution in [3.63, 3.8) is 0 Å². The predicted molar refractivity (Wildman–Crippen MR) is 93.3 cm³/mol. The number of esters is 2. The number of nitrogens with one attached hydrogen (secondary N) is 1. The first-order chi connectivity index (χ1) is 13.1. The summed E-state index contributed by atoms with van der Waals surface area (Å²) in [6, 6.07) is 3.36. The Morgan fingerprint density at radius 2 is 1.79 bits per heavy atom. The van der Waals surface area contributed by atoms with E-state index in [9.17, 15) is 34.4 Å². The standard InChI is InChI=1S/C17H20N2O9/c1-3-27-15(22)8-13(11-4-6-12(7-5-11)19(25)26)16(17(23)24)18-14(21)9-28-10(2)20/h4-7,13,16H,3,8-9H2,1-2H3,(H,18,21)(H,23,24)/t13-,16+/m0/s1. The van der Waals surface area contributed by atoms with E-state index < -0.39 is 53.7 Å². The molecule has 0 fully saturated rings. The summed E-state index contributed by atoms with van der Waals surface area (Å²) in [5, 5.41) is 22.5. The molecular weight excluding hydrogens is 376 g/mol. The molecule has 28 heavy (non-hydrogen) atoms. The molecule has 0 aliphatic rings. The molecular formula is C17H20N2O9. The molecule has 0 unspecified atom stereocenters. The first kappa shape index (κ1) is 22.5. The van der Waals surface area contributed by atoms with Crippen LogP contribution in [-0.2, 0) is 28.7 Å². The number of nitro groups is 1. The molecule has 0 radical (unpaired) electrons. The van der Waals surface area contributed by atoms with E-state index in [0.717, 1.165) is 19.1 Å². The Hall–Kier alpha value is -3.50. The number of benzene rings is 1. The highest BCUT2D eigenvalue weighted by atomic mass is 16.6. The molecule has 0 spiro atoms. The fourth-order valence-corrected chi connectivity index (χ4v) is 2.39. The predicted octanol–water partition coefficient (Wildman–Crippen LogP) is 0.764. The summed E-state index contributed by atoms with van der Waals surface area (Å²) in [5.41, 5.74) is 0.0586. The van der Waals surface area contributed by atoms with E-state index in [-0.39, 0.29) is 17.9 Å². The van der Waals surface area contributed by atoms with Gasteiger partial charge in [0.05, 0.1) is 18.0 Å². The number of ether oxygens (including phenoxy) is 2. The molecule has 0 aromatic heterocycles. The van der Waals surface area contributed by atoms with Crippen LogP contribution in [0.3, 0.4) is 0 Å². The average Bonchev–Trinajstić information content (AvgIpc) is 2.63. The van der Waals surface area contributed by atoms with Crippen LogP contribution in [0.15, 0.2) is 24.3 Å². The number of aliphatic carboxylic acids is 1. The van der Waals surface area contributed by atoms with E-state index in [2.05, 4.69) is 10.1 Å². The number of hydrogen-bond acceptors (Lipinski definition) is 8. The van der Waals surface area contributed by atoms with Gasteiger partial charge < -0.3 is 19.9 Å². The third kappa shape index (κ3) is 7.02. The van der Waals surface area contributed by atoms with Crippen LogP contribution in [0.5, 0.6) is 0 Å². The summed E-state index contributed by atoms with van der Waals surface area (Å²) in [6.45, 7) is 2.05. The van der Waals surface area contributed by atoms with Gasteiger partial charge >= 0.3 is 17.9 Å². The van der Waals surface area contributed by atoms with Gasteiger partial charge in [0.1, 0.15) is 6.04 Å². The van der Waals surface area contributed by atoms with Crippen LogP contribution in [0.1, 0.15) is 31.7 Å². The van der Waals surface area contributed by atoms with Crippen LogP contribution in [0, 0.1) is 10.1 Å². The zero-order valence-corrected chi connectivity index (χ0v) is 15.2. The van der Waals surface area contributed by atoms with Crippen LogP contribution < -0.4 is 5.32 Å². The molecule has 0 aliphatic carbocycles. The Bertz CT molecular complexity index is 745. The molecule has 2 N–H and O–H groups in total. The van der Waals surface area contributed by atoms with Gasteiger partial charge in [-0.05, 0) is 12.5 Å². The van der Waals surface area contributed by atoms with Gasteiger partial charge in [0, 0.05) is 25.0 Å². The fourth-order valence-electron chi connectivity index (χ4n) is 2.39. The minimum atomic E-state index is -1.56. The molecule has 1 aromatic carbocycles. The van der Waals surface area contributed by atoms with E-state index >= 15 is 0 Å². The highest BCUT2D eigenvalue weighted by Crippen LogP contribution is 2.27. The van der Waals surface area contributed by atoms with E-state index in [1.165, 1.54) is 12.1 Å². The molecule has 0 saturated heterocycles. The minimum absolute atomic E-state index is 0.0718. The molecule has 1 aromatic rings. The van der Waals surface area contributed by atoms with Crippen molar-refractivity contribution in [2.45, 2.75) is 32.2 Å². The fraction of sp³-hybridized carbons (Fsp3) is 0.412. The molecule has 1 rings (SSSR count). The summed E-state index contributed by atoms with van der Waals surface area (Å²) in [5.74, 6) is -4.81. The second-order valence-corrected chi connectivity index (χ2v) is 5.63. The van der Waals surface area contributed by atoms with Crippen LogP contribution in [0.25, 0.3) is 0 Å². The maximum absolute atomic E-state index is 11.9. The number of amides is 1. The molecule has 152 valence electrons. The van der Waals surface area contributed by atoms with Crippen LogP contribution >= 0.6 is 0 Å². The zero-order chi connectivity index (χ0) is 21.3. The van der Waals surface area contributed by atoms with Crippen LogP contribution in [0.4, 0.5) is 5.69 Å². The molecule has 0 aliphatic heterocycles. The summed E-state index contributed by atoms with van der Waals surface area (Å²) in [4.78, 5) is 56.5. The first-order valence-electron chi connectivity index (χ1n) is 8.21. The maximum Gasteiger partial charge on any atom is 0.326 e. The molecule has 11 nitrogen and oxygen atoms in total. The molecule has 2 atom stereocenters. The Morgan fingerprint density at radius 3 is 2.25 bits per heavy atom. The minimum Gasteiger partial charge on any atom is -0.480 e. The van der Waals surface area contributed by atoms with Crippen molar-refractivity contribution in [2.24, 2.45) is 0 Å². The number of carboxylic acid groups (broad SMARTS) is 1. The second-order valence-electron chi connectivity index (χ2n) is 5.63. The number of non-ortho nitro benzene ring substituents is 1. The third-order valence-electron chi connectivity index (χ3n) is 3.62. The molecule has 0 bridgehead atoms. The number of nitrogens with zero attached hydrogens (tertiary/aromatic N) is 1. The normalized spacial score (nSPS) is 12.4. The Morgan fingerprint density at radius 1 is 1.18 bits per heavy atom. The van der Waals surface area contributed by atoms with Gasteiger partial charge in [0.25, 0.3) is 11.6 Å².